The number of nitrogens with zero attached hydrogens (tertiary/aromatic N) is 1. The molecule has 1 heterocycles. The lowest BCUT2D eigenvalue weighted by Crippen LogP contribution is -2.03. The second-order valence-electron chi connectivity index (χ2n) is 4.83. The lowest BCUT2D eigenvalue weighted by Gasteiger charge is -2.04. The number of aliphatic hydroxyl groups excluding tert-OH is 1. The number of hydrogen-bond acceptors (Lipinski definition) is 4. The summed E-state index contributed by atoms with van der Waals surface area (Å²) in [7, 11) is 0. The van der Waals surface area contributed by atoms with Gasteiger partial charge in [-0.1, -0.05) is 18.5 Å². The van der Waals surface area contributed by atoms with Crippen LogP contribution in [0, 0.1) is 12.8 Å². The lowest BCUT2D eigenvalue weighted by atomic mass is 10.1. The minimum absolute atomic E-state index is 0.216. The van der Waals surface area contributed by atoms with Gasteiger partial charge in [-0.25, -0.2) is 4.98 Å². The van der Waals surface area contributed by atoms with Crippen LogP contribution in [0.3, 0.4) is 0 Å². The van der Waals surface area contributed by atoms with Crippen LogP contribution in [0.4, 0.5) is 0 Å². The number of benzene rings is 1. The predicted molar refractivity (Wildman–Crippen MR) is 84.1 cm³/mol. The van der Waals surface area contributed by atoms with Gasteiger partial charge in [-0.15, -0.1) is 0 Å². The Morgan fingerprint density at radius 3 is 2.70 bits per heavy atom. The molecule has 1 unspecified atom stereocenters. The van der Waals surface area contributed by atoms with E-state index in [1.54, 1.807) is 11.8 Å². The number of aromatic nitrogens is 1. The second kappa shape index (κ2) is 7.16. The molecule has 0 saturated carbocycles. The summed E-state index contributed by atoms with van der Waals surface area (Å²) in [4.78, 5) is 4.45. The molecule has 0 spiro atoms. The van der Waals surface area contributed by atoms with Crippen LogP contribution in [0.15, 0.2) is 28.7 Å². The summed E-state index contributed by atoms with van der Waals surface area (Å²) < 4.78 is 5.82. The Balaban J connectivity index is 2.04. The van der Waals surface area contributed by atoms with Crippen LogP contribution in [0.2, 0.25) is 5.02 Å². The highest BCUT2D eigenvalue weighted by Crippen LogP contribution is 2.27. The topological polar surface area (TPSA) is 46.3 Å². The Morgan fingerprint density at radius 2 is 2.05 bits per heavy atom. The Kier molecular flexibility index (Phi) is 5.52. The molecule has 1 aromatic heterocycles. The molecule has 0 radical (unpaired) electrons. The summed E-state index contributed by atoms with van der Waals surface area (Å²) in [5, 5.41) is 9.70. The van der Waals surface area contributed by atoms with Crippen molar-refractivity contribution in [3.05, 3.63) is 40.9 Å². The zero-order valence-corrected chi connectivity index (χ0v) is 13.2. The van der Waals surface area contributed by atoms with Gasteiger partial charge in [0, 0.05) is 17.2 Å². The first-order valence-corrected chi connectivity index (χ1v) is 8.04. The molecule has 0 bridgehead atoms. The van der Waals surface area contributed by atoms with Gasteiger partial charge in [0.25, 0.3) is 0 Å². The normalized spacial score (nSPS) is 12.6. The van der Waals surface area contributed by atoms with Gasteiger partial charge in [-0.05, 0) is 42.9 Å². The number of rotatable bonds is 6. The summed E-state index contributed by atoms with van der Waals surface area (Å²) in [6.07, 6.45) is 0. The van der Waals surface area contributed by atoms with Gasteiger partial charge in [-0.3, -0.25) is 0 Å². The van der Waals surface area contributed by atoms with Crippen LogP contribution in [0.1, 0.15) is 18.5 Å². The molecule has 0 aliphatic rings. The summed E-state index contributed by atoms with van der Waals surface area (Å²) >= 11 is 7.61. The zero-order valence-electron chi connectivity index (χ0n) is 11.6. The fourth-order valence-corrected chi connectivity index (χ4v) is 2.83. The van der Waals surface area contributed by atoms with E-state index in [1.165, 1.54) is 0 Å². The molecular formula is C15H18ClNO2S. The maximum atomic E-state index is 8.99. The molecule has 1 atom stereocenters. The van der Waals surface area contributed by atoms with Gasteiger partial charge in [-0.2, -0.15) is 11.8 Å². The monoisotopic (exact) mass is 311 g/mol. The predicted octanol–water partition coefficient (Wildman–Crippen LogP) is 4.17. The highest BCUT2D eigenvalue weighted by Gasteiger charge is 2.12. The maximum absolute atomic E-state index is 8.99. The Bertz CT molecular complexity index is 554. The number of aryl methyl sites for hydroxylation is 1. The van der Waals surface area contributed by atoms with Crippen LogP contribution in [0.25, 0.3) is 11.3 Å². The van der Waals surface area contributed by atoms with E-state index in [4.69, 9.17) is 21.1 Å². The largest absolute Gasteiger partial charge is 0.440 e. The van der Waals surface area contributed by atoms with Gasteiger partial charge >= 0.3 is 0 Å². The number of halogens is 1. The summed E-state index contributed by atoms with van der Waals surface area (Å²) in [6.45, 7) is 4.18. The third-order valence-electron chi connectivity index (χ3n) is 2.89. The standard InChI is InChI=1S/C15H18ClNO2S/c1-10(7-18)8-20-9-14-17-11(2)15(19-14)12-3-5-13(16)6-4-12/h3-6,10,18H,7-9H2,1-2H3. The van der Waals surface area contributed by atoms with E-state index >= 15 is 0 Å². The maximum Gasteiger partial charge on any atom is 0.205 e. The molecule has 5 heteroatoms. The fourth-order valence-electron chi connectivity index (χ4n) is 1.78. The van der Waals surface area contributed by atoms with Crippen molar-refractivity contribution in [3.8, 4) is 11.3 Å². The lowest BCUT2D eigenvalue weighted by molar-refractivity contribution is 0.250. The molecule has 108 valence electrons. The van der Waals surface area contributed by atoms with Crippen LogP contribution in [0.5, 0.6) is 0 Å². The van der Waals surface area contributed by atoms with E-state index in [1.807, 2.05) is 38.1 Å². The van der Waals surface area contributed by atoms with Crippen molar-refractivity contribution in [3.63, 3.8) is 0 Å². The van der Waals surface area contributed by atoms with Gasteiger partial charge < -0.3 is 9.52 Å². The van der Waals surface area contributed by atoms with Crippen molar-refractivity contribution in [2.75, 3.05) is 12.4 Å². The molecule has 0 fully saturated rings. The fraction of sp³-hybridized carbons (Fsp3) is 0.400. The van der Waals surface area contributed by atoms with E-state index in [0.29, 0.717) is 10.9 Å². The van der Waals surface area contributed by atoms with E-state index < -0.39 is 0 Å². The van der Waals surface area contributed by atoms with E-state index in [0.717, 1.165) is 34.4 Å². The molecule has 1 N–H and O–H groups in total. The van der Waals surface area contributed by atoms with Gasteiger partial charge in [0.1, 0.15) is 0 Å². The first-order valence-electron chi connectivity index (χ1n) is 6.51. The quantitative estimate of drug-likeness (QED) is 0.870. The Morgan fingerprint density at radius 1 is 1.35 bits per heavy atom. The van der Waals surface area contributed by atoms with Crippen molar-refractivity contribution in [2.45, 2.75) is 19.6 Å². The molecule has 2 rings (SSSR count). The average Bonchev–Trinajstić information content (AvgIpc) is 2.80. The molecule has 2 aromatic rings. The van der Waals surface area contributed by atoms with Crippen molar-refractivity contribution in [1.29, 1.82) is 0 Å². The van der Waals surface area contributed by atoms with Crippen LogP contribution >= 0.6 is 23.4 Å². The number of oxazole rings is 1. The molecule has 1 aromatic carbocycles. The molecule has 0 aliphatic carbocycles. The molecule has 20 heavy (non-hydrogen) atoms. The van der Waals surface area contributed by atoms with E-state index in [9.17, 15) is 0 Å². The smallest absolute Gasteiger partial charge is 0.205 e. The van der Waals surface area contributed by atoms with Crippen molar-refractivity contribution >= 4 is 23.4 Å². The molecule has 3 nitrogen and oxygen atoms in total. The first kappa shape index (κ1) is 15.4. The number of thioether (sulfide) groups is 1. The first-order chi connectivity index (χ1) is 9.60. The van der Waals surface area contributed by atoms with Crippen LogP contribution < -0.4 is 0 Å². The second-order valence-corrected chi connectivity index (χ2v) is 6.30. The minimum atomic E-state index is 0.216. The van der Waals surface area contributed by atoms with Gasteiger partial charge in [0.2, 0.25) is 5.89 Å². The highest BCUT2D eigenvalue weighted by molar-refractivity contribution is 7.98. The summed E-state index contributed by atoms with van der Waals surface area (Å²) in [5.74, 6) is 3.44. The van der Waals surface area contributed by atoms with Crippen molar-refractivity contribution in [1.82, 2.24) is 4.98 Å². The van der Waals surface area contributed by atoms with Crippen LogP contribution in [-0.4, -0.2) is 22.5 Å². The third-order valence-corrected chi connectivity index (χ3v) is 4.39. The summed E-state index contributed by atoms with van der Waals surface area (Å²) in [6, 6.07) is 7.55. The Labute approximate surface area is 128 Å². The van der Waals surface area contributed by atoms with E-state index in [2.05, 4.69) is 4.98 Å². The van der Waals surface area contributed by atoms with Crippen LogP contribution in [-0.2, 0) is 5.75 Å². The average molecular weight is 312 g/mol. The highest BCUT2D eigenvalue weighted by atomic mass is 35.5. The van der Waals surface area contributed by atoms with Gasteiger partial charge in [0.05, 0.1) is 11.4 Å². The van der Waals surface area contributed by atoms with Crippen molar-refractivity contribution < 1.29 is 9.52 Å². The summed E-state index contributed by atoms with van der Waals surface area (Å²) in [5.41, 5.74) is 1.87. The molecule has 0 aliphatic heterocycles. The number of hydrogen-bond donors (Lipinski definition) is 1. The molecular weight excluding hydrogens is 294 g/mol. The van der Waals surface area contributed by atoms with Crippen molar-refractivity contribution in [2.24, 2.45) is 5.92 Å². The van der Waals surface area contributed by atoms with Gasteiger partial charge in [0.15, 0.2) is 5.76 Å². The Hall–Kier alpha value is -0.970. The van der Waals surface area contributed by atoms with E-state index in [-0.39, 0.29) is 6.61 Å². The minimum Gasteiger partial charge on any atom is -0.440 e. The number of aliphatic hydroxyl groups is 1. The molecule has 0 amide bonds. The molecule has 0 saturated heterocycles. The SMILES string of the molecule is Cc1nc(CSCC(C)CO)oc1-c1ccc(Cl)cc1. The third kappa shape index (κ3) is 4.01. The zero-order chi connectivity index (χ0) is 14.5.